The van der Waals surface area contributed by atoms with Crippen LogP contribution >= 0.6 is 0 Å². The lowest BCUT2D eigenvalue weighted by atomic mass is 10.0. The Kier molecular flexibility index (Phi) is 4.88. The average molecular weight is 447 g/mol. The van der Waals surface area contributed by atoms with E-state index in [9.17, 15) is 4.79 Å². The molecular weight excluding hydrogens is 424 g/mol. The molecule has 0 bridgehead atoms. The molecule has 3 heterocycles. The number of fused-ring (bicyclic) bond motifs is 3. The van der Waals surface area contributed by atoms with Crippen LogP contribution < -0.4 is 14.9 Å². The minimum absolute atomic E-state index is 0.0151. The molecule has 0 unspecified atom stereocenters. The molecule has 0 aliphatic heterocycles. The van der Waals surface area contributed by atoms with Crippen molar-refractivity contribution in [3.8, 4) is 11.5 Å². The van der Waals surface area contributed by atoms with Gasteiger partial charge in [0.1, 0.15) is 18.1 Å². The Morgan fingerprint density at radius 2 is 1.65 bits per heavy atom. The Bertz CT molecular complexity index is 1680. The highest BCUT2D eigenvalue weighted by Gasteiger charge is 2.18. The summed E-state index contributed by atoms with van der Waals surface area (Å²) in [6, 6.07) is 23.8. The van der Waals surface area contributed by atoms with Gasteiger partial charge in [-0.1, -0.05) is 36.4 Å². The van der Waals surface area contributed by atoms with Gasteiger partial charge in [0.25, 0.3) is 0 Å². The Hall–Kier alpha value is -4.38. The van der Waals surface area contributed by atoms with Gasteiger partial charge in [0.05, 0.1) is 23.5 Å². The van der Waals surface area contributed by atoms with Gasteiger partial charge in [0, 0.05) is 41.3 Å². The summed E-state index contributed by atoms with van der Waals surface area (Å²) in [6.07, 6.45) is 6.02. The molecule has 0 aliphatic rings. The van der Waals surface area contributed by atoms with Crippen molar-refractivity contribution in [3.05, 3.63) is 118 Å². The van der Waals surface area contributed by atoms with Crippen LogP contribution in [-0.2, 0) is 13.0 Å². The van der Waals surface area contributed by atoms with Gasteiger partial charge in [-0.05, 0) is 47.5 Å². The normalized spacial score (nSPS) is 11.4. The zero-order valence-electron chi connectivity index (χ0n) is 18.7. The molecule has 0 spiro atoms. The maximum absolute atomic E-state index is 13.7. The number of methoxy groups -OCH3 is 1. The first-order valence-electron chi connectivity index (χ1n) is 11.2. The molecule has 3 aromatic carbocycles. The number of benzene rings is 3. The van der Waals surface area contributed by atoms with E-state index in [4.69, 9.17) is 9.47 Å². The minimum Gasteiger partial charge on any atom is -0.497 e. The number of nitrogens with zero attached hydrogens (tertiary/aromatic N) is 2. The van der Waals surface area contributed by atoms with E-state index in [0.29, 0.717) is 24.2 Å². The van der Waals surface area contributed by atoms with Crippen molar-refractivity contribution in [2.24, 2.45) is 0 Å². The summed E-state index contributed by atoms with van der Waals surface area (Å²) in [5.74, 6) is 1.44. The number of hydrogen-bond donors (Lipinski definition) is 0. The molecule has 0 fully saturated rings. The van der Waals surface area contributed by atoms with Crippen molar-refractivity contribution >= 4 is 27.2 Å². The van der Waals surface area contributed by atoms with E-state index in [-0.39, 0.29) is 5.43 Å². The zero-order valence-corrected chi connectivity index (χ0v) is 18.7. The van der Waals surface area contributed by atoms with Gasteiger partial charge in [-0.3, -0.25) is 9.78 Å². The first kappa shape index (κ1) is 20.2. The lowest BCUT2D eigenvalue weighted by Crippen LogP contribution is -2.12. The highest BCUT2D eigenvalue weighted by atomic mass is 16.5. The molecule has 6 aromatic rings. The summed E-state index contributed by atoms with van der Waals surface area (Å²) < 4.78 is 13.8. The second-order valence-electron chi connectivity index (χ2n) is 8.42. The zero-order chi connectivity index (χ0) is 23.1. The monoisotopic (exact) mass is 446 g/mol. The smallest absolute Gasteiger partial charge is 0.193 e. The molecule has 3 aromatic heterocycles. The van der Waals surface area contributed by atoms with E-state index in [2.05, 4.69) is 9.38 Å². The predicted octanol–water partition coefficient (Wildman–Crippen LogP) is 5.62. The first-order valence-corrected chi connectivity index (χ1v) is 11.2. The summed E-state index contributed by atoms with van der Waals surface area (Å²) >= 11 is 0. The van der Waals surface area contributed by atoms with Crippen LogP contribution in [0.1, 0.15) is 16.7 Å². The highest BCUT2D eigenvalue weighted by Crippen LogP contribution is 2.36. The number of aromatic nitrogens is 2. The lowest BCUT2D eigenvalue weighted by Gasteiger charge is -2.10. The molecule has 0 aliphatic carbocycles. The van der Waals surface area contributed by atoms with Gasteiger partial charge in [0.2, 0.25) is 0 Å². The van der Waals surface area contributed by atoms with Crippen LogP contribution in [0.25, 0.3) is 27.2 Å². The fourth-order valence-electron chi connectivity index (χ4n) is 4.63. The molecular formula is C29H22N2O3. The van der Waals surface area contributed by atoms with Crippen LogP contribution in [-0.4, -0.2) is 16.5 Å². The Balaban J connectivity index is 1.57. The molecule has 0 amide bonds. The third-order valence-corrected chi connectivity index (χ3v) is 6.26. The Morgan fingerprint density at radius 3 is 2.44 bits per heavy atom. The Labute approximate surface area is 196 Å². The van der Waals surface area contributed by atoms with Gasteiger partial charge in [-0.2, -0.15) is 0 Å². The topological polar surface area (TPSA) is 52.8 Å². The van der Waals surface area contributed by atoms with E-state index in [1.807, 2.05) is 79.0 Å². The van der Waals surface area contributed by atoms with Crippen LogP contribution in [0.15, 0.2) is 96.2 Å². The van der Waals surface area contributed by atoms with E-state index in [1.165, 1.54) is 0 Å². The molecule has 5 nitrogen and oxygen atoms in total. The van der Waals surface area contributed by atoms with Gasteiger partial charge < -0.3 is 13.9 Å². The van der Waals surface area contributed by atoms with Crippen LogP contribution in [0.3, 0.4) is 0 Å². The van der Waals surface area contributed by atoms with Crippen molar-refractivity contribution in [2.75, 3.05) is 7.11 Å². The van der Waals surface area contributed by atoms with E-state index in [0.717, 1.165) is 44.2 Å². The molecule has 166 valence electrons. The van der Waals surface area contributed by atoms with Gasteiger partial charge >= 0.3 is 0 Å². The van der Waals surface area contributed by atoms with Crippen molar-refractivity contribution < 1.29 is 9.47 Å². The lowest BCUT2D eigenvalue weighted by molar-refractivity contribution is 0.307. The molecule has 5 heteroatoms. The second kappa shape index (κ2) is 8.19. The van der Waals surface area contributed by atoms with Crippen LogP contribution in [0.5, 0.6) is 11.5 Å². The summed E-state index contributed by atoms with van der Waals surface area (Å²) in [5.41, 5.74) is 4.72. The molecule has 0 radical (unpaired) electrons. The van der Waals surface area contributed by atoms with E-state index < -0.39 is 0 Å². The summed E-state index contributed by atoms with van der Waals surface area (Å²) in [6.45, 7) is 0.431. The third kappa shape index (κ3) is 3.42. The Morgan fingerprint density at radius 1 is 0.853 bits per heavy atom. The number of rotatable bonds is 6. The number of ether oxygens (including phenoxy) is 2. The fourth-order valence-corrected chi connectivity index (χ4v) is 4.63. The number of pyridine rings is 2. The van der Waals surface area contributed by atoms with Crippen molar-refractivity contribution in [2.45, 2.75) is 13.0 Å². The van der Waals surface area contributed by atoms with E-state index >= 15 is 0 Å². The quantitative estimate of drug-likeness (QED) is 0.333. The average Bonchev–Trinajstić information content (AvgIpc) is 3.20. The molecule has 6 rings (SSSR count). The predicted molar refractivity (Wildman–Crippen MR) is 134 cm³/mol. The van der Waals surface area contributed by atoms with E-state index in [1.54, 1.807) is 19.5 Å². The van der Waals surface area contributed by atoms with Crippen molar-refractivity contribution in [1.82, 2.24) is 9.38 Å². The van der Waals surface area contributed by atoms with Crippen molar-refractivity contribution in [3.63, 3.8) is 0 Å². The van der Waals surface area contributed by atoms with Gasteiger partial charge in [0.15, 0.2) is 5.43 Å². The molecule has 0 saturated heterocycles. The summed E-state index contributed by atoms with van der Waals surface area (Å²) in [5, 5.41) is 2.64. The highest BCUT2D eigenvalue weighted by molar-refractivity contribution is 6.14. The maximum Gasteiger partial charge on any atom is 0.193 e. The summed E-state index contributed by atoms with van der Waals surface area (Å²) in [7, 11) is 1.66. The largest absolute Gasteiger partial charge is 0.497 e. The fraction of sp³-hybridized carbons (Fsp3) is 0.103. The maximum atomic E-state index is 13.7. The molecule has 34 heavy (non-hydrogen) atoms. The first-order chi connectivity index (χ1) is 16.7. The third-order valence-electron chi connectivity index (χ3n) is 6.26. The molecule has 0 atom stereocenters. The van der Waals surface area contributed by atoms with Crippen molar-refractivity contribution in [1.29, 1.82) is 0 Å². The van der Waals surface area contributed by atoms with Crippen LogP contribution in [0.2, 0.25) is 0 Å². The molecule has 0 saturated carbocycles. The van der Waals surface area contributed by atoms with Crippen LogP contribution in [0.4, 0.5) is 0 Å². The number of hydrogen-bond acceptors (Lipinski definition) is 4. The van der Waals surface area contributed by atoms with Gasteiger partial charge in [-0.15, -0.1) is 0 Å². The minimum atomic E-state index is 0.0151. The standard InChI is InChI=1S/C29H22N2O3/c1-33-22-9-10-27-24(13-22)25-14-23(34-18-19-6-3-2-4-7-19)15-26-28(25)31(27)17-21(29(26)32)12-20-8-5-11-30-16-20/h2-11,13-17H,12,18H2,1H3. The molecule has 0 N–H and O–H groups in total. The second-order valence-corrected chi connectivity index (χ2v) is 8.42. The summed E-state index contributed by atoms with van der Waals surface area (Å²) in [4.78, 5) is 17.9. The van der Waals surface area contributed by atoms with Gasteiger partial charge in [-0.25, -0.2) is 0 Å². The SMILES string of the molecule is COc1ccc2c(c1)c1cc(OCc3ccccc3)cc3c(=O)c(Cc4cccnc4)cn2c31. The van der Waals surface area contributed by atoms with Crippen LogP contribution in [0, 0.1) is 0 Å².